The highest BCUT2D eigenvalue weighted by Gasteiger charge is 2.53. The Labute approximate surface area is 123 Å². The van der Waals surface area contributed by atoms with E-state index in [1.807, 2.05) is 18.2 Å². The van der Waals surface area contributed by atoms with Crippen molar-refractivity contribution in [3.8, 4) is 0 Å². The molecule has 0 saturated carbocycles. The average Bonchev–Trinajstić information content (AvgIpc) is 2.36. The molecule has 1 aromatic carbocycles. The van der Waals surface area contributed by atoms with Crippen LogP contribution in [-0.2, 0) is 5.60 Å². The van der Waals surface area contributed by atoms with Crippen LogP contribution in [0.15, 0.2) is 30.3 Å². The Kier molecular flexibility index (Phi) is 4.24. The van der Waals surface area contributed by atoms with Crippen LogP contribution in [0.2, 0.25) is 0 Å². The van der Waals surface area contributed by atoms with E-state index >= 15 is 0 Å². The molecule has 1 saturated heterocycles. The highest BCUT2D eigenvalue weighted by Crippen LogP contribution is 2.48. The molecule has 3 heteroatoms. The van der Waals surface area contributed by atoms with Crippen LogP contribution in [0.25, 0.3) is 0 Å². The molecule has 1 aliphatic rings. The van der Waals surface area contributed by atoms with Gasteiger partial charge in [0, 0.05) is 24.5 Å². The minimum Gasteiger partial charge on any atom is -0.384 e. The third-order valence-corrected chi connectivity index (χ3v) is 4.86. The van der Waals surface area contributed by atoms with E-state index in [1.54, 1.807) is 0 Å². The van der Waals surface area contributed by atoms with Gasteiger partial charge in [-0.1, -0.05) is 37.3 Å². The Morgan fingerprint density at radius 1 is 1.30 bits per heavy atom. The number of piperidine rings is 1. The van der Waals surface area contributed by atoms with Gasteiger partial charge in [-0.05, 0) is 40.1 Å². The minimum atomic E-state index is -0.773. The van der Waals surface area contributed by atoms with Crippen LogP contribution in [0.3, 0.4) is 0 Å². The molecule has 1 aromatic rings. The topological polar surface area (TPSA) is 26.7 Å². The molecule has 0 amide bonds. The molecule has 0 aromatic heterocycles. The van der Waals surface area contributed by atoms with E-state index in [4.69, 9.17) is 0 Å². The Balaban J connectivity index is 2.44. The van der Waals surface area contributed by atoms with Crippen molar-refractivity contribution in [2.45, 2.75) is 31.9 Å². The predicted octanol–water partition coefficient (Wildman–Crippen LogP) is 2.17. The van der Waals surface area contributed by atoms with Gasteiger partial charge in [-0.2, -0.15) is 0 Å². The quantitative estimate of drug-likeness (QED) is 0.916. The summed E-state index contributed by atoms with van der Waals surface area (Å²) >= 11 is 0. The van der Waals surface area contributed by atoms with Gasteiger partial charge in [-0.15, -0.1) is 0 Å². The van der Waals surface area contributed by atoms with Crippen LogP contribution in [0, 0.1) is 5.41 Å². The highest BCUT2D eigenvalue weighted by atomic mass is 16.3. The first kappa shape index (κ1) is 15.5. The third-order valence-electron chi connectivity index (χ3n) is 4.86. The number of likely N-dealkylation sites (tertiary alicyclic amines) is 1. The van der Waals surface area contributed by atoms with Crippen molar-refractivity contribution in [3.05, 3.63) is 35.9 Å². The van der Waals surface area contributed by atoms with Crippen LogP contribution < -0.4 is 0 Å². The first-order valence-corrected chi connectivity index (χ1v) is 7.41. The molecule has 3 unspecified atom stereocenters. The summed E-state index contributed by atoms with van der Waals surface area (Å²) in [6, 6.07) is 10.6. The van der Waals surface area contributed by atoms with Crippen molar-refractivity contribution in [1.29, 1.82) is 0 Å². The van der Waals surface area contributed by atoms with Crippen molar-refractivity contribution in [2.75, 3.05) is 34.2 Å². The molecular weight excluding hydrogens is 248 g/mol. The van der Waals surface area contributed by atoms with E-state index in [-0.39, 0.29) is 5.41 Å². The molecule has 3 nitrogen and oxygen atoms in total. The molecule has 20 heavy (non-hydrogen) atoms. The maximum atomic E-state index is 11.5. The van der Waals surface area contributed by atoms with Crippen molar-refractivity contribution >= 4 is 0 Å². The second-order valence-corrected chi connectivity index (χ2v) is 6.99. The standard InChI is InChI=1S/C17H28N2O/c1-14-11-17(20,15-9-7-6-8-10-15)16(2,12-18(3)4)13-19(14)5/h6-10,14,20H,11-13H2,1-5H3. The number of hydrogen-bond acceptors (Lipinski definition) is 3. The van der Waals surface area contributed by atoms with Gasteiger partial charge in [0.1, 0.15) is 0 Å². The van der Waals surface area contributed by atoms with Gasteiger partial charge in [0.2, 0.25) is 0 Å². The van der Waals surface area contributed by atoms with Crippen molar-refractivity contribution in [3.63, 3.8) is 0 Å². The SMILES string of the molecule is CC1CC(O)(c2ccccc2)C(C)(CN(C)C)CN1C. The molecule has 1 heterocycles. The summed E-state index contributed by atoms with van der Waals surface area (Å²) in [5.41, 5.74) is 0.0909. The second kappa shape index (κ2) is 5.47. The van der Waals surface area contributed by atoms with Crippen molar-refractivity contribution in [2.24, 2.45) is 5.41 Å². The molecule has 0 aliphatic carbocycles. The van der Waals surface area contributed by atoms with E-state index in [0.717, 1.165) is 25.1 Å². The van der Waals surface area contributed by atoms with Gasteiger partial charge in [0.05, 0.1) is 5.60 Å². The number of nitrogens with zero attached hydrogens (tertiary/aromatic N) is 2. The van der Waals surface area contributed by atoms with Gasteiger partial charge in [-0.3, -0.25) is 0 Å². The molecule has 0 spiro atoms. The number of rotatable bonds is 3. The summed E-state index contributed by atoms with van der Waals surface area (Å²) in [4.78, 5) is 4.54. The Bertz CT molecular complexity index is 448. The fourth-order valence-electron chi connectivity index (χ4n) is 3.73. The van der Waals surface area contributed by atoms with Gasteiger partial charge < -0.3 is 14.9 Å². The highest BCUT2D eigenvalue weighted by molar-refractivity contribution is 5.27. The third kappa shape index (κ3) is 2.62. The van der Waals surface area contributed by atoms with Crippen LogP contribution in [0.4, 0.5) is 0 Å². The lowest BCUT2D eigenvalue weighted by atomic mass is 9.63. The largest absolute Gasteiger partial charge is 0.384 e. The zero-order chi connectivity index (χ0) is 15.0. The average molecular weight is 276 g/mol. The van der Waals surface area contributed by atoms with Crippen LogP contribution in [0.1, 0.15) is 25.8 Å². The molecule has 1 aliphatic heterocycles. The Morgan fingerprint density at radius 2 is 1.90 bits per heavy atom. The minimum absolute atomic E-state index is 0.181. The summed E-state index contributed by atoms with van der Waals surface area (Å²) in [5, 5.41) is 11.5. The van der Waals surface area contributed by atoms with Gasteiger partial charge in [-0.25, -0.2) is 0 Å². The molecule has 1 fully saturated rings. The lowest BCUT2D eigenvalue weighted by molar-refractivity contribution is -0.151. The van der Waals surface area contributed by atoms with Crippen LogP contribution in [-0.4, -0.2) is 55.2 Å². The summed E-state index contributed by atoms with van der Waals surface area (Å²) in [7, 11) is 6.31. The molecule has 1 N–H and O–H groups in total. The summed E-state index contributed by atoms with van der Waals surface area (Å²) in [6.45, 7) is 6.18. The molecule has 112 valence electrons. The summed E-state index contributed by atoms with van der Waals surface area (Å²) < 4.78 is 0. The Morgan fingerprint density at radius 3 is 2.45 bits per heavy atom. The fraction of sp³-hybridized carbons (Fsp3) is 0.647. The molecule has 3 atom stereocenters. The maximum absolute atomic E-state index is 11.5. The first-order chi connectivity index (χ1) is 9.28. The lowest BCUT2D eigenvalue weighted by Gasteiger charge is -2.55. The van der Waals surface area contributed by atoms with E-state index < -0.39 is 5.60 Å². The van der Waals surface area contributed by atoms with Gasteiger partial charge in [0.25, 0.3) is 0 Å². The molecule has 0 radical (unpaired) electrons. The van der Waals surface area contributed by atoms with Gasteiger partial charge in [0.15, 0.2) is 0 Å². The zero-order valence-corrected chi connectivity index (χ0v) is 13.4. The van der Waals surface area contributed by atoms with E-state index in [2.05, 4.69) is 56.9 Å². The first-order valence-electron chi connectivity index (χ1n) is 7.41. The molecule has 2 rings (SSSR count). The van der Waals surface area contributed by atoms with Crippen molar-refractivity contribution < 1.29 is 5.11 Å². The molecule has 0 bridgehead atoms. The van der Waals surface area contributed by atoms with Crippen LogP contribution in [0.5, 0.6) is 0 Å². The Hall–Kier alpha value is -0.900. The number of hydrogen-bond donors (Lipinski definition) is 1. The number of aliphatic hydroxyl groups is 1. The van der Waals surface area contributed by atoms with Crippen molar-refractivity contribution in [1.82, 2.24) is 9.80 Å². The zero-order valence-electron chi connectivity index (χ0n) is 13.4. The number of benzene rings is 1. The summed E-state index contributed by atoms with van der Waals surface area (Å²) in [6.07, 6.45) is 0.776. The maximum Gasteiger partial charge on any atom is 0.0989 e. The van der Waals surface area contributed by atoms with Crippen LogP contribution >= 0.6 is 0 Å². The summed E-state index contributed by atoms with van der Waals surface area (Å²) in [5.74, 6) is 0. The van der Waals surface area contributed by atoms with E-state index in [9.17, 15) is 5.11 Å². The lowest BCUT2D eigenvalue weighted by Crippen LogP contribution is -2.61. The normalized spacial score (nSPS) is 35.5. The monoisotopic (exact) mass is 276 g/mol. The molecular formula is C17H28N2O. The van der Waals surface area contributed by atoms with E-state index in [0.29, 0.717) is 6.04 Å². The fourth-order valence-corrected chi connectivity index (χ4v) is 3.73. The smallest absolute Gasteiger partial charge is 0.0989 e. The predicted molar refractivity (Wildman–Crippen MR) is 83.7 cm³/mol. The van der Waals surface area contributed by atoms with E-state index in [1.165, 1.54) is 0 Å². The van der Waals surface area contributed by atoms with Gasteiger partial charge >= 0.3 is 0 Å². The second-order valence-electron chi connectivity index (χ2n) is 6.99.